The van der Waals surface area contributed by atoms with Crippen LogP contribution in [-0.2, 0) is 16.8 Å². The Labute approximate surface area is 41.7 Å². The fraction of sp³-hybridized carbons (Fsp3) is 1.00. The van der Waals surface area contributed by atoms with Gasteiger partial charge in [-0.3, -0.25) is 0 Å². The predicted octanol–water partition coefficient (Wildman–Crippen LogP) is -0.829. The van der Waals surface area contributed by atoms with E-state index in [-0.39, 0.29) is 28.9 Å². The van der Waals surface area contributed by atoms with E-state index >= 15 is 0 Å². The molecule has 0 heterocycles. The summed E-state index contributed by atoms with van der Waals surface area (Å²) in [4.78, 5) is 0. The quantitative estimate of drug-likeness (QED) is 0.449. The topological polar surface area (TPSA) is 51.7 Å². The van der Waals surface area contributed by atoms with E-state index in [4.69, 9.17) is 5.11 Å². The van der Waals surface area contributed by atoms with Crippen LogP contribution in [0.2, 0.25) is 0 Å². The van der Waals surface area contributed by atoms with Crippen molar-refractivity contribution in [3.8, 4) is 0 Å². The molecule has 0 unspecified atom stereocenters. The van der Waals surface area contributed by atoms with Crippen molar-refractivity contribution in [1.82, 2.24) is 0 Å². The third-order valence-corrected chi connectivity index (χ3v) is 0. The van der Waals surface area contributed by atoms with E-state index in [9.17, 15) is 0 Å². The summed E-state index contributed by atoms with van der Waals surface area (Å²) in [5, 5.41) is 7.57. The van der Waals surface area contributed by atoms with Crippen LogP contribution >= 0.6 is 0 Å². The normalized spacial score (nSPS) is 3.60. The second-order valence-corrected chi connectivity index (χ2v) is 0.316. The summed E-state index contributed by atoms with van der Waals surface area (Å²) in [5.41, 5.74) is 0. The van der Waals surface area contributed by atoms with Crippen LogP contribution in [-0.4, -0.2) is 17.2 Å². The van der Waals surface area contributed by atoms with E-state index in [0.29, 0.717) is 0 Å². The van der Waals surface area contributed by atoms with Crippen molar-refractivity contribution in [1.29, 1.82) is 0 Å². The molecule has 0 spiro atoms. The van der Waals surface area contributed by atoms with Crippen LogP contribution < -0.4 is 0 Å². The van der Waals surface area contributed by atoms with Crippen molar-refractivity contribution in [3.05, 3.63) is 0 Å². The second kappa shape index (κ2) is 25.5. The summed E-state index contributed by atoms with van der Waals surface area (Å²) >= 11 is 0. The van der Waals surface area contributed by atoms with E-state index in [1.54, 1.807) is 6.92 Å². The van der Waals surface area contributed by atoms with Gasteiger partial charge in [0.15, 0.2) is 0 Å². The minimum Gasteiger partial charge on any atom is -0.412 e. The zero-order valence-corrected chi connectivity index (χ0v) is 4.03. The van der Waals surface area contributed by atoms with Crippen LogP contribution in [0.3, 0.4) is 0 Å². The Bertz CT molecular complexity index is 7.61. The first kappa shape index (κ1) is 18.1. The molecule has 37 valence electrons. The Morgan fingerprint density at radius 2 is 1.60 bits per heavy atom. The molecule has 0 aliphatic heterocycles. The predicted molar refractivity (Wildman–Crippen MR) is 16.4 cm³/mol. The van der Waals surface area contributed by atoms with Gasteiger partial charge >= 0.3 is 0 Å². The summed E-state index contributed by atoms with van der Waals surface area (Å²) in [7, 11) is 0. The summed E-state index contributed by atoms with van der Waals surface area (Å²) in [5.74, 6) is 0. The molecule has 1 radical (unpaired) electrons. The first-order chi connectivity index (χ1) is 1.41. The fourth-order valence-electron chi connectivity index (χ4n) is 0. The van der Waals surface area contributed by atoms with E-state index in [1.807, 2.05) is 0 Å². The van der Waals surface area contributed by atoms with Crippen LogP contribution in [0.4, 0.5) is 0 Å². The van der Waals surface area contributed by atoms with Gasteiger partial charge in [-0.25, -0.2) is 0 Å². The molecule has 0 aromatic rings. The van der Waals surface area contributed by atoms with Crippen LogP contribution in [0.25, 0.3) is 0 Å². The molecule has 5 heavy (non-hydrogen) atoms. The van der Waals surface area contributed by atoms with Gasteiger partial charge in [0, 0.05) is 23.4 Å². The van der Waals surface area contributed by atoms with Gasteiger partial charge in [-0.1, -0.05) is 0 Å². The van der Waals surface area contributed by atoms with Crippen LogP contribution in [0, 0.1) is 0 Å². The maximum atomic E-state index is 7.57. The fourth-order valence-corrected chi connectivity index (χ4v) is 0. The van der Waals surface area contributed by atoms with Crippen molar-refractivity contribution in [2.75, 3.05) is 6.61 Å². The smallest absolute Gasteiger partial charge is 0.0402 e. The third kappa shape index (κ3) is 143. The van der Waals surface area contributed by atoms with Crippen molar-refractivity contribution in [2.45, 2.75) is 6.92 Å². The molecule has 0 aliphatic rings. The Morgan fingerprint density at radius 1 is 1.60 bits per heavy atom. The van der Waals surface area contributed by atoms with E-state index in [0.717, 1.165) is 0 Å². The molecule has 0 saturated heterocycles. The van der Waals surface area contributed by atoms with Crippen molar-refractivity contribution in [2.24, 2.45) is 0 Å². The van der Waals surface area contributed by atoms with Gasteiger partial charge in [-0.15, -0.1) is 0 Å². The van der Waals surface area contributed by atoms with E-state index < -0.39 is 0 Å². The molecule has 0 fully saturated rings. The SMILES string of the molecule is CCO.O.[Co]. The molecule has 3 N–H and O–H groups in total. The van der Waals surface area contributed by atoms with Gasteiger partial charge in [0.2, 0.25) is 0 Å². The molecular formula is C2H8CoO2. The average Bonchev–Trinajstić information content (AvgIpc) is 0.918. The van der Waals surface area contributed by atoms with Crippen LogP contribution in [0.1, 0.15) is 6.92 Å². The molecule has 2 nitrogen and oxygen atoms in total. The molecule has 0 aliphatic carbocycles. The summed E-state index contributed by atoms with van der Waals surface area (Å²) in [6.45, 7) is 1.93. The maximum Gasteiger partial charge on any atom is 0.0402 e. The monoisotopic (exact) mass is 123 g/mol. The van der Waals surface area contributed by atoms with Gasteiger partial charge in [-0.2, -0.15) is 0 Å². The Kier molecular flexibility index (Phi) is 92.2. The van der Waals surface area contributed by atoms with E-state index in [2.05, 4.69) is 0 Å². The van der Waals surface area contributed by atoms with Crippen molar-refractivity contribution < 1.29 is 27.4 Å². The van der Waals surface area contributed by atoms with Crippen molar-refractivity contribution in [3.63, 3.8) is 0 Å². The maximum absolute atomic E-state index is 7.57. The minimum absolute atomic E-state index is 0. The molecule has 0 atom stereocenters. The van der Waals surface area contributed by atoms with Crippen LogP contribution in [0.15, 0.2) is 0 Å². The Hall–Kier alpha value is 0.426. The number of aliphatic hydroxyl groups is 1. The molecule has 0 aromatic heterocycles. The molecule has 0 rings (SSSR count). The number of hydrogen-bond acceptors (Lipinski definition) is 1. The average molecular weight is 123 g/mol. The molecule has 0 bridgehead atoms. The Morgan fingerprint density at radius 3 is 1.60 bits per heavy atom. The van der Waals surface area contributed by atoms with Crippen LogP contribution in [0.5, 0.6) is 0 Å². The molecule has 0 amide bonds. The molecule has 3 heteroatoms. The van der Waals surface area contributed by atoms with Gasteiger partial charge in [-0.05, 0) is 6.92 Å². The summed E-state index contributed by atoms with van der Waals surface area (Å²) in [6.07, 6.45) is 0. The van der Waals surface area contributed by atoms with Gasteiger partial charge in [0.05, 0.1) is 0 Å². The standard InChI is InChI=1S/C2H6O.Co.H2O/c1-2-3;;/h3H,2H2,1H3;;1H2. The first-order valence-corrected chi connectivity index (χ1v) is 1.02. The van der Waals surface area contributed by atoms with E-state index in [1.165, 1.54) is 0 Å². The van der Waals surface area contributed by atoms with Crippen molar-refractivity contribution >= 4 is 0 Å². The third-order valence-electron chi connectivity index (χ3n) is 0. The van der Waals surface area contributed by atoms with Gasteiger partial charge < -0.3 is 10.6 Å². The first-order valence-electron chi connectivity index (χ1n) is 1.02. The zero-order valence-electron chi connectivity index (χ0n) is 2.99. The summed E-state index contributed by atoms with van der Waals surface area (Å²) in [6, 6.07) is 0. The second-order valence-electron chi connectivity index (χ2n) is 0.316. The van der Waals surface area contributed by atoms with Gasteiger partial charge in [0.25, 0.3) is 0 Å². The largest absolute Gasteiger partial charge is 0.412 e. The molecule has 0 aromatic carbocycles. The molecule has 0 saturated carbocycles. The minimum atomic E-state index is 0. The van der Waals surface area contributed by atoms with Gasteiger partial charge in [0.1, 0.15) is 0 Å². The zero-order chi connectivity index (χ0) is 2.71. The number of hydrogen-bond donors (Lipinski definition) is 1. The molecular weight excluding hydrogens is 115 g/mol. The Balaban J connectivity index is -0.0000000200. The number of aliphatic hydroxyl groups excluding tert-OH is 1. The summed E-state index contributed by atoms with van der Waals surface area (Å²) < 4.78 is 0. The number of rotatable bonds is 0.